The quantitative estimate of drug-likeness (QED) is 0.756. The van der Waals surface area contributed by atoms with Crippen molar-refractivity contribution in [3.63, 3.8) is 0 Å². The molecule has 2 amide bonds. The number of urea groups is 1. The smallest absolute Gasteiger partial charge is 0.317 e. The first-order valence-electron chi connectivity index (χ1n) is 9.44. The lowest BCUT2D eigenvalue weighted by molar-refractivity contribution is 0.0163. The lowest BCUT2D eigenvalue weighted by Gasteiger charge is -2.34. The van der Waals surface area contributed by atoms with Crippen LogP contribution in [0, 0.1) is 11.8 Å². The normalized spacial score (nSPS) is 25.3. The second-order valence-corrected chi connectivity index (χ2v) is 7.15. The van der Waals surface area contributed by atoms with Crippen molar-refractivity contribution in [2.75, 3.05) is 26.2 Å². The first kappa shape index (κ1) is 18.5. The van der Waals surface area contributed by atoms with Crippen LogP contribution in [0.1, 0.15) is 58.8 Å². The Kier molecular flexibility index (Phi) is 7.63. The number of rotatable bonds is 7. The maximum atomic E-state index is 12.3. The van der Waals surface area contributed by atoms with E-state index in [-0.39, 0.29) is 24.2 Å². The van der Waals surface area contributed by atoms with Crippen molar-refractivity contribution in [1.29, 1.82) is 0 Å². The molecule has 1 saturated carbocycles. The van der Waals surface area contributed by atoms with Crippen molar-refractivity contribution in [1.82, 2.24) is 10.2 Å². The van der Waals surface area contributed by atoms with Gasteiger partial charge in [0, 0.05) is 32.2 Å². The summed E-state index contributed by atoms with van der Waals surface area (Å²) in [5.41, 5.74) is 0. The van der Waals surface area contributed by atoms with Gasteiger partial charge in [-0.3, -0.25) is 0 Å². The van der Waals surface area contributed by atoms with Gasteiger partial charge in [0.15, 0.2) is 0 Å². The number of ether oxygens (including phenoxy) is 1. The lowest BCUT2D eigenvalue weighted by Crippen LogP contribution is -2.48. The van der Waals surface area contributed by atoms with Gasteiger partial charge in [0.05, 0.1) is 12.2 Å². The Labute approximate surface area is 140 Å². The van der Waals surface area contributed by atoms with Crippen LogP contribution in [-0.2, 0) is 4.74 Å². The van der Waals surface area contributed by atoms with Crippen LogP contribution in [0.25, 0.3) is 0 Å². The number of hydrogen-bond acceptors (Lipinski definition) is 3. The summed E-state index contributed by atoms with van der Waals surface area (Å²) < 4.78 is 5.90. The first-order chi connectivity index (χ1) is 11.1. The summed E-state index contributed by atoms with van der Waals surface area (Å²) in [6.45, 7) is 6.76. The molecule has 134 valence electrons. The average Bonchev–Trinajstić information content (AvgIpc) is 3.08. The van der Waals surface area contributed by atoms with Crippen LogP contribution < -0.4 is 5.32 Å². The Hall–Kier alpha value is -0.810. The second kappa shape index (κ2) is 9.48. The molecule has 3 unspecified atom stereocenters. The molecule has 1 saturated heterocycles. The monoisotopic (exact) mass is 326 g/mol. The van der Waals surface area contributed by atoms with Gasteiger partial charge in [-0.05, 0) is 51.9 Å². The van der Waals surface area contributed by atoms with E-state index in [0.29, 0.717) is 19.0 Å². The van der Waals surface area contributed by atoms with E-state index in [1.165, 1.54) is 25.7 Å². The molecule has 1 aliphatic heterocycles. The highest BCUT2D eigenvalue weighted by molar-refractivity contribution is 5.74. The van der Waals surface area contributed by atoms with Crippen molar-refractivity contribution in [3.8, 4) is 0 Å². The highest BCUT2D eigenvalue weighted by Crippen LogP contribution is 2.30. The molecule has 1 aliphatic carbocycles. The number of carbonyl (C=O) groups is 1. The summed E-state index contributed by atoms with van der Waals surface area (Å²) in [5.74, 6) is 0.880. The van der Waals surface area contributed by atoms with Crippen LogP contribution in [0.15, 0.2) is 0 Å². The molecule has 3 atom stereocenters. The van der Waals surface area contributed by atoms with Crippen LogP contribution in [0.2, 0.25) is 0 Å². The third-order valence-electron chi connectivity index (χ3n) is 5.44. The number of nitrogens with one attached hydrogen (secondary N) is 1. The molecule has 5 nitrogen and oxygen atoms in total. The van der Waals surface area contributed by atoms with Gasteiger partial charge in [0.2, 0.25) is 0 Å². The number of aliphatic hydroxyl groups excluding tert-OH is 1. The number of amides is 2. The molecular formula is C18H34N2O3. The summed E-state index contributed by atoms with van der Waals surface area (Å²) in [6.07, 6.45) is 8.00. The minimum absolute atomic E-state index is 0.0111. The molecule has 0 radical (unpaired) electrons. The van der Waals surface area contributed by atoms with Gasteiger partial charge in [0.25, 0.3) is 0 Å². The van der Waals surface area contributed by atoms with Crippen LogP contribution in [0.3, 0.4) is 0 Å². The van der Waals surface area contributed by atoms with Gasteiger partial charge < -0.3 is 20.1 Å². The molecule has 0 bridgehead atoms. The number of likely N-dealkylation sites (tertiary alicyclic amines) is 1. The molecule has 23 heavy (non-hydrogen) atoms. The zero-order chi connectivity index (χ0) is 16.7. The average molecular weight is 326 g/mol. The maximum Gasteiger partial charge on any atom is 0.317 e. The molecule has 2 fully saturated rings. The number of piperidine rings is 1. The van der Waals surface area contributed by atoms with E-state index in [1.54, 1.807) is 0 Å². The Morgan fingerprint density at radius 3 is 2.61 bits per heavy atom. The number of nitrogens with zero attached hydrogens (tertiary/aromatic N) is 1. The van der Waals surface area contributed by atoms with E-state index in [2.05, 4.69) is 5.32 Å². The molecule has 2 N–H and O–H groups in total. The van der Waals surface area contributed by atoms with Gasteiger partial charge in [-0.25, -0.2) is 4.79 Å². The van der Waals surface area contributed by atoms with Crippen LogP contribution in [0.5, 0.6) is 0 Å². The van der Waals surface area contributed by atoms with Crippen molar-refractivity contribution in [2.45, 2.75) is 71.0 Å². The largest absolute Gasteiger partial charge is 0.393 e. The molecule has 2 aliphatic rings. The molecule has 0 aromatic heterocycles. The van der Waals surface area contributed by atoms with E-state index >= 15 is 0 Å². The zero-order valence-corrected chi connectivity index (χ0v) is 14.8. The predicted octanol–water partition coefficient (Wildman–Crippen LogP) is 2.77. The maximum absolute atomic E-state index is 12.3. The standard InChI is InChI=1S/C18H34N2O3/c1-3-23-17(15-7-4-5-8-15)10-11-19-18(22)20-12-6-9-16(13-20)14(2)21/h14-17,21H,3-13H2,1-2H3,(H,19,22). The fourth-order valence-corrected chi connectivity index (χ4v) is 4.02. The minimum Gasteiger partial charge on any atom is -0.393 e. The van der Waals surface area contributed by atoms with Crippen LogP contribution in [0.4, 0.5) is 4.79 Å². The van der Waals surface area contributed by atoms with Gasteiger partial charge in [0.1, 0.15) is 0 Å². The zero-order valence-electron chi connectivity index (χ0n) is 14.8. The molecule has 0 aromatic carbocycles. The Bertz CT molecular complexity index is 356. The van der Waals surface area contributed by atoms with E-state index in [0.717, 1.165) is 32.4 Å². The fraction of sp³-hybridized carbons (Fsp3) is 0.944. The molecule has 2 rings (SSSR count). The third kappa shape index (κ3) is 5.64. The molecule has 0 spiro atoms. The summed E-state index contributed by atoms with van der Waals surface area (Å²) in [4.78, 5) is 14.2. The number of aliphatic hydroxyl groups is 1. The Morgan fingerprint density at radius 1 is 1.26 bits per heavy atom. The summed E-state index contributed by atoms with van der Waals surface area (Å²) >= 11 is 0. The first-order valence-corrected chi connectivity index (χ1v) is 9.44. The minimum atomic E-state index is -0.338. The van der Waals surface area contributed by atoms with Crippen molar-refractivity contribution in [2.24, 2.45) is 11.8 Å². The van der Waals surface area contributed by atoms with E-state index in [4.69, 9.17) is 4.74 Å². The van der Waals surface area contributed by atoms with Gasteiger partial charge in [-0.2, -0.15) is 0 Å². The SMILES string of the molecule is CCOC(CCNC(=O)N1CCCC(C(C)O)C1)C1CCCC1. The molecule has 5 heteroatoms. The molecule has 0 aromatic rings. The second-order valence-electron chi connectivity index (χ2n) is 7.15. The highest BCUT2D eigenvalue weighted by Gasteiger charge is 2.28. The summed E-state index contributed by atoms with van der Waals surface area (Å²) in [6, 6.07) is 0.0111. The van der Waals surface area contributed by atoms with Crippen molar-refractivity contribution < 1.29 is 14.6 Å². The van der Waals surface area contributed by atoms with E-state index in [1.807, 2.05) is 18.7 Å². The Morgan fingerprint density at radius 2 is 1.96 bits per heavy atom. The van der Waals surface area contributed by atoms with E-state index in [9.17, 15) is 9.90 Å². The summed E-state index contributed by atoms with van der Waals surface area (Å²) in [7, 11) is 0. The predicted molar refractivity (Wildman–Crippen MR) is 91.4 cm³/mol. The fourth-order valence-electron chi connectivity index (χ4n) is 4.02. The number of hydrogen-bond donors (Lipinski definition) is 2. The van der Waals surface area contributed by atoms with Gasteiger partial charge in [-0.15, -0.1) is 0 Å². The summed E-state index contributed by atoms with van der Waals surface area (Å²) in [5, 5.41) is 12.8. The third-order valence-corrected chi connectivity index (χ3v) is 5.44. The highest BCUT2D eigenvalue weighted by atomic mass is 16.5. The van der Waals surface area contributed by atoms with Gasteiger partial charge in [-0.1, -0.05) is 12.8 Å². The van der Waals surface area contributed by atoms with Crippen LogP contribution >= 0.6 is 0 Å². The van der Waals surface area contributed by atoms with Crippen LogP contribution in [-0.4, -0.2) is 54.5 Å². The van der Waals surface area contributed by atoms with E-state index < -0.39 is 0 Å². The van der Waals surface area contributed by atoms with Gasteiger partial charge >= 0.3 is 6.03 Å². The number of carbonyl (C=O) groups excluding carboxylic acids is 1. The lowest BCUT2D eigenvalue weighted by atomic mass is 9.94. The Balaban J connectivity index is 1.72. The molecular weight excluding hydrogens is 292 g/mol. The topological polar surface area (TPSA) is 61.8 Å². The van der Waals surface area contributed by atoms with Crippen molar-refractivity contribution in [3.05, 3.63) is 0 Å². The molecule has 1 heterocycles. The van der Waals surface area contributed by atoms with Crippen molar-refractivity contribution >= 4 is 6.03 Å².